The second-order valence-corrected chi connectivity index (χ2v) is 4.84. The number of nitrogens with zero attached hydrogens (tertiary/aromatic N) is 1. The van der Waals surface area contributed by atoms with Gasteiger partial charge in [0, 0.05) is 17.6 Å². The highest BCUT2D eigenvalue weighted by Gasteiger charge is 2.14. The molecule has 0 aliphatic carbocycles. The van der Waals surface area contributed by atoms with Crippen LogP contribution in [0, 0.1) is 0 Å². The largest absolute Gasteiger partial charge is 0.310 e. The SMILES string of the molecule is C=C(CC)CC(NCC)c1cccc2cccnc12. The van der Waals surface area contributed by atoms with Crippen LogP contribution in [0.15, 0.2) is 48.7 Å². The molecular formula is C17H22N2. The molecule has 1 aromatic carbocycles. The molecule has 0 radical (unpaired) electrons. The van der Waals surface area contributed by atoms with Gasteiger partial charge >= 0.3 is 0 Å². The third kappa shape index (κ3) is 3.21. The molecule has 0 fully saturated rings. The number of rotatable bonds is 6. The van der Waals surface area contributed by atoms with E-state index in [1.165, 1.54) is 16.5 Å². The Kier molecular flexibility index (Phi) is 4.69. The summed E-state index contributed by atoms with van der Waals surface area (Å²) in [4.78, 5) is 4.55. The van der Waals surface area contributed by atoms with Crippen LogP contribution in [0.25, 0.3) is 10.9 Å². The van der Waals surface area contributed by atoms with Crippen molar-refractivity contribution in [2.45, 2.75) is 32.7 Å². The normalized spacial score (nSPS) is 12.5. The Labute approximate surface area is 115 Å². The van der Waals surface area contributed by atoms with Crippen molar-refractivity contribution >= 4 is 10.9 Å². The lowest BCUT2D eigenvalue weighted by Gasteiger charge is -2.20. The molecule has 0 spiro atoms. The van der Waals surface area contributed by atoms with Gasteiger partial charge in [-0.15, -0.1) is 0 Å². The molecule has 2 nitrogen and oxygen atoms in total. The van der Waals surface area contributed by atoms with E-state index in [-0.39, 0.29) is 0 Å². The molecule has 0 bridgehead atoms. The van der Waals surface area contributed by atoms with Gasteiger partial charge in [-0.2, -0.15) is 0 Å². The summed E-state index contributed by atoms with van der Waals surface area (Å²) in [6.07, 6.45) is 3.86. The van der Waals surface area contributed by atoms with Gasteiger partial charge in [-0.3, -0.25) is 4.98 Å². The minimum absolute atomic E-state index is 0.302. The molecule has 2 aromatic rings. The topological polar surface area (TPSA) is 24.9 Å². The maximum atomic E-state index is 4.55. The van der Waals surface area contributed by atoms with Crippen molar-refractivity contribution in [1.82, 2.24) is 10.3 Å². The molecule has 1 aromatic heterocycles. The molecule has 0 aliphatic rings. The van der Waals surface area contributed by atoms with Gasteiger partial charge < -0.3 is 5.32 Å². The summed E-state index contributed by atoms with van der Waals surface area (Å²) >= 11 is 0. The molecule has 1 atom stereocenters. The van der Waals surface area contributed by atoms with Crippen molar-refractivity contribution in [2.75, 3.05) is 6.54 Å². The summed E-state index contributed by atoms with van der Waals surface area (Å²) in [6, 6.07) is 10.8. The van der Waals surface area contributed by atoms with E-state index < -0.39 is 0 Å². The molecular weight excluding hydrogens is 232 g/mol. The zero-order valence-electron chi connectivity index (χ0n) is 11.8. The summed E-state index contributed by atoms with van der Waals surface area (Å²) in [5.74, 6) is 0. The van der Waals surface area contributed by atoms with E-state index in [9.17, 15) is 0 Å². The maximum Gasteiger partial charge on any atom is 0.0749 e. The second-order valence-electron chi connectivity index (χ2n) is 4.84. The summed E-state index contributed by atoms with van der Waals surface area (Å²) in [6.45, 7) is 9.39. The van der Waals surface area contributed by atoms with Crippen LogP contribution in [0.1, 0.15) is 38.3 Å². The van der Waals surface area contributed by atoms with Crippen LogP contribution < -0.4 is 5.32 Å². The van der Waals surface area contributed by atoms with Crippen molar-refractivity contribution in [2.24, 2.45) is 0 Å². The van der Waals surface area contributed by atoms with Gasteiger partial charge in [0.1, 0.15) is 0 Å². The lowest BCUT2D eigenvalue weighted by Crippen LogP contribution is -2.21. The van der Waals surface area contributed by atoms with Crippen molar-refractivity contribution in [3.05, 3.63) is 54.2 Å². The Morgan fingerprint density at radius 2 is 2.05 bits per heavy atom. The number of hydrogen-bond donors (Lipinski definition) is 1. The molecule has 2 rings (SSSR count). The van der Waals surface area contributed by atoms with E-state index in [1.54, 1.807) is 0 Å². The first-order valence-electron chi connectivity index (χ1n) is 7.00. The molecule has 1 heterocycles. The zero-order valence-corrected chi connectivity index (χ0v) is 11.8. The molecule has 0 saturated carbocycles. The molecule has 0 amide bonds. The van der Waals surface area contributed by atoms with E-state index in [0.29, 0.717) is 6.04 Å². The van der Waals surface area contributed by atoms with Gasteiger partial charge in [-0.05, 0) is 31.0 Å². The van der Waals surface area contributed by atoms with Crippen LogP contribution in [0.4, 0.5) is 0 Å². The average molecular weight is 254 g/mol. The van der Waals surface area contributed by atoms with E-state index in [0.717, 1.165) is 24.9 Å². The van der Waals surface area contributed by atoms with Crippen LogP contribution in [-0.2, 0) is 0 Å². The summed E-state index contributed by atoms with van der Waals surface area (Å²) in [5, 5.41) is 4.75. The maximum absolute atomic E-state index is 4.55. The van der Waals surface area contributed by atoms with Gasteiger partial charge in [-0.25, -0.2) is 0 Å². The lowest BCUT2D eigenvalue weighted by molar-refractivity contribution is 0.545. The standard InChI is InChI=1S/C17H22N2/c1-4-13(3)12-16(18-5-2)15-10-6-8-14-9-7-11-19-17(14)15/h6-11,16,18H,3-5,12H2,1-2H3. The number of fused-ring (bicyclic) bond motifs is 1. The van der Waals surface area contributed by atoms with E-state index in [2.05, 4.69) is 55.0 Å². The van der Waals surface area contributed by atoms with Gasteiger partial charge in [0.2, 0.25) is 0 Å². The Morgan fingerprint density at radius 1 is 1.26 bits per heavy atom. The van der Waals surface area contributed by atoms with Crippen LogP contribution in [0.5, 0.6) is 0 Å². The second kappa shape index (κ2) is 6.48. The molecule has 1 unspecified atom stereocenters. The number of hydrogen-bond acceptors (Lipinski definition) is 2. The summed E-state index contributed by atoms with van der Waals surface area (Å²) in [7, 11) is 0. The lowest BCUT2D eigenvalue weighted by atomic mass is 9.96. The zero-order chi connectivity index (χ0) is 13.7. The van der Waals surface area contributed by atoms with Gasteiger partial charge in [-0.1, -0.05) is 50.3 Å². The number of nitrogens with one attached hydrogen (secondary N) is 1. The fraction of sp³-hybridized carbons (Fsp3) is 0.353. The minimum Gasteiger partial charge on any atom is -0.310 e. The average Bonchev–Trinajstić information content (AvgIpc) is 2.46. The first-order chi connectivity index (χ1) is 9.26. The molecule has 100 valence electrons. The van der Waals surface area contributed by atoms with Crippen molar-refractivity contribution < 1.29 is 0 Å². The van der Waals surface area contributed by atoms with Crippen LogP contribution in [0.3, 0.4) is 0 Å². The highest BCUT2D eigenvalue weighted by atomic mass is 14.9. The first-order valence-corrected chi connectivity index (χ1v) is 7.00. The molecule has 0 aliphatic heterocycles. The number of para-hydroxylation sites is 1. The molecule has 1 N–H and O–H groups in total. The predicted molar refractivity (Wildman–Crippen MR) is 82.2 cm³/mol. The first kappa shape index (κ1) is 13.8. The Bertz CT molecular complexity index is 555. The highest BCUT2D eigenvalue weighted by molar-refractivity contribution is 5.82. The number of benzene rings is 1. The molecule has 2 heteroatoms. The van der Waals surface area contributed by atoms with Crippen molar-refractivity contribution in [3.8, 4) is 0 Å². The monoisotopic (exact) mass is 254 g/mol. The van der Waals surface area contributed by atoms with Crippen LogP contribution >= 0.6 is 0 Å². The van der Waals surface area contributed by atoms with Gasteiger partial charge in [0.05, 0.1) is 5.52 Å². The summed E-state index contributed by atoms with van der Waals surface area (Å²) in [5.41, 5.74) is 3.65. The third-order valence-corrected chi connectivity index (χ3v) is 3.48. The number of aromatic nitrogens is 1. The number of pyridine rings is 1. The molecule has 19 heavy (non-hydrogen) atoms. The van der Waals surface area contributed by atoms with Gasteiger partial charge in [0.15, 0.2) is 0 Å². The molecule has 0 saturated heterocycles. The smallest absolute Gasteiger partial charge is 0.0749 e. The highest BCUT2D eigenvalue weighted by Crippen LogP contribution is 2.27. The quantitative estimate of drug-likeness (QED) is 0.780. The predicted octanol–water partition coefficient (Wildman–Crippen LogP) is 4.24. The van der Waals surface area contributed by atoms with E-state index >= 15 is 0 Å². The Hall–Kier alpha value is -1.67. The van der Waals surface area contributed by atoms with Crippen LogP contribution in [0.2, 0.25) is 0 Å². The fourth-order valence-electron chi connectivity index (χ4n) is 2.38. The fourth-order valence-corrected chi connectivity index (χ4v) is 2.38. The van der Waals surface area contributed by atoms with Crippen molar-refractivity contribution in [3.63, 3.8) is 0 Å². The van der Waals surface area contributed by atoms with E-state index in [4.69, 9.17) is 0 Å². The van der Waals surface area contributed by atoms with Crippen molar-refractivity contribution in [1.29, 1.82) is 0 Å². The minimum atomic E-state index is 0.302. The Balaban J connectivity index is 2.40. The Morgan fingerprint density at radius 3 is 2.79 bits per heavy atom. The van der Waals surface area contributed by atoms with Crippen LogP contribution in [-0.4, -0.2) is 11.5 Å². The third-order valence-electron chi connectivity index (χ3n) is 3.48. The van der Waals surface area contributed by atoms with Gasteiger partial charge in [0.25, 0.3) is 0 Å². The summed E-state index contributed by atoms with van der Waals surface area (Å²) < 4.78 is 0. The van der Waals surface area contributed by atoms with E-state index in [1.807, 2.05) is 12.3 Å².